The van der Waals surface area contributed by atoms with Crippen molar-refractivity contribution in [1.29, 1.82) is 0 Å². The molecule has 2 heterocycles. The lowest BCUT2D eigenvalue weighted by Gasteiger charge is -2.44. The summed E-state index contributed by atoms with van der Waals surface area (Å²) in [5.41, 5.74) is -1.62. The van der Waals surface area contributed by atoms with Crippen molar-refractivity contribution >= 4 is 5.91 Å². The van der Waals surface area contributed by atoms with Gasteiger partial charge in [-0.05, 0) is 31.6 Å². The number of rotatable bonds is 2. The van der Waals surface area contributed by atoms with E-state index in [1.807, 2.05) is 4.57 Å². The molecular weight excluding hydrogens is 297 g/mol. The molecule has 3 aliphatic rings. The molecule has 1 aliphatic heterocycles. The smallest absolute Gasteiger partial charge is 0.341 e. The molecule has 5 nitrogen and oxygen atoms in total. The van der Waals surface area contributed by atoms with Crippen LogP contribution in [-0.4, -0.2) is 44.8 Å². The summed E-state index contributed by atoms with van der Waals surface area (Å²) in [6.07, 6.45) is 1.10. The Morgan fingerprint density at radius 1 is 1.23 bits per heavy atom. The van der Waals surface area contributed by atoms with E-state index in [1.165, 1.54) is 4.90 Å². The fraction of sp³-hybridized carbons (Fsp3) is 0.786. The highest BCUT2D eigenvalue weighted by Crippen LogP contribution is 2.61. The molecule has 0 spiro atoms. The second-order valence-electron chi connectivity index (χ2n) is 6.84. The van der Waals surface area contributed by atoms with Gasteiger partial charge >= 0.3 is 6.18 Å². The first-order valence-electron chi connectivity index (χ1n) is 7.60. The molecule has 0 aromatic carbocycles. The maximum Gasteiger partial charge on any atom is 0.396 e. The third-order valence-corrected chi connectivity index (χ3v) is 5.83. The van der Waals surface area contributed by atoms with Crippen molar-refractivity contribution in [3.05, 3.63) is 12.7 Å². The molecule has 2 aliphatic carbocycles. The van der Waals surface area contributed by atoms with E-state index in [2.05, 4.69) is 10.2 Å². The van der Waals surface area contributed by atoms with Gasteiger partial charge in [-0.3, -0.25) is 4.79 Å². The quantitative estimate of drug-likeness (QED) is 0.839. The summed E-state index contributed by atoms with van der Waals surface area (Å²) < 4.78 is 41.7. The largest absolute Gasteiger partial charge is 0.396 e. The lowest BCUT2D eigenvalue weighted by molar-refractivity contribution is -0.259. The van der Waals surface area contributed by atoms with Gasteiger partial charge in [0.05, 0.1) is 5.41 Å². The van der Waals surface area contributed by atoms with Gasteiger partial charge in [-0.25, -0.2) is 0 Å². The van der Waals surface area contributed by atoms with E-state index in [0.29, 0.717) is 19.3 Å². The summed E-state index contributed by atoms with van der Waals surface area (Å²) in [6.45, 7) is 0.125. The second-order valence-corrected chi connectivity index (χ2v) is 6.84. The standard InChI is InChI=1S/C14H17F3N4O/c15-14(16,17)13-2-1-10(13)5-20(6-13)12(22)9-3-11(4-9)21-7-18-19-8-21/h7-11H,1-6H2/t9?,10-,11?,13-/m0/s1. The number of alkyl halides is 3. The van der Waals surface area contributed by atoms with Gasteiger partial charge in [0.2, 0.25) is 5.91 Å². The summed E-state index contributed by atoms with van der Waals surface area (Å²) >= 11 is 0. The van der Waals surface area contributed by atoms with E-state index in [-0.39, 0.29) is 37.4 Å². The number of likely N-dealkylation sites (tertiary alicyclic amines) is 1. The molecule has 1 amide bonds. The van der Waals surface area contributed by atoms with Crippen LogP contribution in [0.25, 0.3) is 0 Å². The number of fused-ring (bicyclic) bond motifs is 1. The minimum atomic E-state index is -4.20. The molecule has 120 valence electrons. The second kappa shape index (κ2) is 4.45. The maximum absolute atomic E-state index is 13.3. The summed E-state index contributed by atoms with van der Waals surface area (Å²) in [5.74, 6) is -0.664. The molecule has 22 heavy (non-hydrogen) atoms. The first kappa shape index (κ1) is 14.0. The molecule has 2 atom stereocenters. The van der Waals surface area contributed by atoms with Gasteiger partial charge < -0.3 is 9.47 Å². The molecule has 2 saturated carbocycles. The fourth-order valence-corrected chi connectivity index (χ4v) is 4.16. The topological polar surface area (TPSA) is 51.0 Å². The number of amides is 1. The highest BCUT2D eigenvalue weighted by Gasteiger charge is 2.68. The first-order chi connectivity index (χ1) is 10.4. The normalized spacial score (nSPS) is 37.4. The Hall–Kier alpha value is -1.60. The summed E-state index contributed by atoms with van der Waals surface area (Å²) in [6, 6.07) is 0.194. The van der Waals surface area contributed by atoms with E-state index in [4.69, 9.17) is 0 Å². The van der Waals surface area contributed by atoms with Gasteiger partial charge in [0.1, 0.15) is 12.7 Å². The Morgan fingerprint density at radius 2 is 1.91 bits per heavy atom. The van der Waals surface area contributed by atoms with E-state index >= 15 is 0 Å². The van der Waals surface area contributed by atoms with Crippen LogP contribution in [0.3, 0.4) is 0 Å². The number of halogens is 3. The minimum Gasteiger partial charge on any atom is -0.341 e. The van der Waals surface area contributed by atoms with Crippen molar-refractivity contribution in [2.24, 2.45) is 17.3 Å². The van der Waals surface area contributed by atoms with Gasteiger partial charge in [-0.1, -0.05) is 0 Å². The lowest BCUT2D eigenvalue weighted by atomic mass is 9.61. The van der Waals surface area contributed by atoms with Crippen LogP contribution in [0.1, 0.15) is 31.7 Å². The molecule has 8 heteroatoms. The Bertz CT molecular complexity index is 581. The Morgan fingerprint density at radius 3 is 2.41 bits per heavy atom. The van der Waals surface area contributed by atoms with Crippen molar-refractivity contribution in [2.75, 3.05) is 13.1 Å². The number of hydrogen-bond acceptors (Lipinski definition) is 3. The van der Waals surface area contributed by atoms with Crippen LogP contribution in [0, 0.1) is 17.3 Å². The van der Waals surface area contributed by atoms with Crippen LogP contribution >= 0.6 is 0 Å². The minimum absolute atomic E-state index is 0.109. The molecule has 4 rings (SSSR count). The number of nitrogens with zero attached hydrogens (tertiary/aromatic N) is 4. The number of hydrogen-bond donors (Lipinski definition) is 0. The predicted octanol–water partition coefficient (Wildman–Crippen LogP) is 2.03. The molecule has 1 saturated heterocycles. The Labute approximate surface area is 125 Å². The monoisotopic (exact) mass is 314 g/mol. The van der Waals surface area contributed by atoms with Crippen molar-refractivity contribution in [2.45, 2.75) is 37.9 Å². The van der Waals surface area contributed by atoms with Crippen LogP contribution < -0.4 is 0 Å². The number of carbonyl (C=O) groups excluding carboxylic acids is 1. The van der Waals surface area contributed by atoms with Gasteiger partial charge in [-0.2, -0.15) is 13.2 Å². The SMILES string of the molecule is O=C(C1CC(n2cnnc2)C1)N1C[C@@H]2CC[C@]2(C(F)(F)F)C1. The van der Waals surface area contributed by atoms with Crippen LogP contribution in [-0.2, 0) is 4.79 Å². The molecule has 0 unspecified atom stereocenters. The zero-order valence-electron chi connectivity index (χ0n) is 12.0. The number of carbonyl (C=O) groups is 1. The van der Waals surface area contributed by atoms with Crippen LogP contribution in [0.15, 0.2) is 12.7 Å². The molecule has 0 radical (unpaired) electrons. The zero-order chi connectivity index (χ0) is 15.5. The van der Waals surface area contributed by atoms with Gasteiger partial charge in [0.15, 0.2) is 0 Å². The van der Waals surface area contributed by atoms with Gasteiger partial charge in [-0.15, -0.1) is 10.2 Å². The van der Waals surface area contributed by atoms with E-state index < -0.39 is 17.5 Å². The van der Waals surface area contributed by atoms with Crippen molar-refractivity contribution in [3.8, 4) is 0 Å². The Kier molecular flexibility index (Phi) is 2.84. The summed E-state index contributed by atoms with van der Waals surface area (Å²) in [5, 5.41) is 7.46. The molecule has 0 bridgehead atoms. The van der Waals surface area contributed by atoms with E-state index in [0.717, 1.165) is 0 Å². The fourth-order valence-electron chi connectivity index (χ4n) is 4.16. The van der Waals surface area contributed by atoms with Crippen molar-refractivity contribution in [1.82, 2.24) is 19.7 Å². The van der Waals surface area contributed by atoms with Crippen LogP contribution in [0.2, 0.25) is 0 Å². The molecule has 1 aromatic heterocycles. The molecule has 1 aromatic rings. The predicted molar refractivity (Wildman–Crippen MR) is 69.6 cm³/mol. The highest BCUT2D eigenvalue weighted by atomic mass is 19.4. The van der Waals surface area contributed by atoms with E-state index in [9.17, 15) is 18.0 Å². The van der Waals surface area contributed by atoms with Crippen LogP contribution in [0.4, 0.5) is 13.2 Å². The average Bonchev–Trinajstić information content (AvgIpc) is 2.95. The third-order valence-electron chi connectivity index (χ3n) is 5.83. The average molecular weight is 314 g/mol. The molecule has 0 N–H and O–H groups in total. The summed E-state index contributed by atoms with van der Waals surface area (Å²) in [7, 11) is 0. The third kappa shape index (κ3) is 1.82. The maximum atomic E-state index is 13.3. The van der Waals surface area contributed by atoms with Crippen molar-refractivity contribution < 1.29 is 18.0 Å². The first-order valence-corrected chi connectivity index (χ1v) is 7.60. The molecule has 3 fully saturated rings. The molecular formula is C14H17F3N4O. The Balaban J connectivity index is 1.39. The van der Waals surface area contributed by atoms with Gasteiger partial charge in [0, 0.05) is 25.0 Å². The van der Waals surface area contributed by atoms with Crippen molar-refractivity contribution in [3.63, 3.8) is 0 Å². The zero-order valence-corrected chi connectivity index (χ0v) is 12.0. The van der Waals surface area contributed by atoms with Crippen LogP contribution in [0.5, 0.6) is 0 Å². The lowest BCUT2D eigenvalue weighted by Crippen LogP contribution is -2.51. The van der Waals surface area contributed by atoms with E-state index in [1.54, 1.807) is 12.7 Å². The summed E-state index contributed by atoms with van der Waals surface area (Å²) in [4.78, 5) is 13.9. The van der Waals surface area contributed by atoms with Gasteiger partial charge in [0.25, 0.3) is 0 Å². The highest BCUT2D eigenvalue weighted by molar-refractivity contribution is 5.80. The number of aromatic nitrogens is 3.